The molecule has 0 aliphatic heterocycles. The maximum atomic E-state index is 5.51. The summed E-state index contributed by atoms with van der Waals surface area (Å²) in [6.45, 7) is 1.70. The lowest BCUT2D eigenvalue weighted by molar-refractivity contribution is 0.876. The molecule has 0 radical (unpaired) electrons. The third kappa shape index (κ3) is 2.43. The number of alkyl halides is 3. The van der Waals surface area contributed by atoms with E-state index in [1.807, 2.05) is 0 Å². The number of hydrogen-bond acceptors (Lipinski definition) is 3. The standard InChI is InChI=1S/C5H4Cl3N3/c1-3-9-2-10-4(11-3)5(6,7)8/h2H,1H3. The molecule has 0 fully saturated rings. The quantitative estimate of drug-likeness (QED) is 0.618. The Hall–Kier alpha value is -0.120. The summed E-state index contributed by atoms with van der Waals surface area (Å²) in [6, 6.07) is 0. The molecule has 1 aromatic rings. The number of aryl methyl sites for hydroxylation is 1. The molecule has 0 bridgehead atoms. The Morgan fingerprint density at radius 1 is 1.27 bits per heavy atom. The summed E-state index contributed by atoms with van der Waals surface area (Å²) in [5.41, 5.74) is 0. The zero-order valence-electron chi connectivity index (χ0n) is 5.55. The van der Waals surface area contributed by atoms with E-state index in [1.54, 1.807) is 6.92 Å². The number of halogens is 3. The van der Waals surface area contributed by atoms with Gasteiger partial charge in [-0.1, -0.05) is 34.8 Å². The minimum Gasteiger partial charge on any atom is -0.222 e. The Labute approximate surface area is 78.7 Å². The van der Waals surface area contributed by atoms with Crippen molar-refractivity contribution in [3.05, 3.63) is 18.0 Å². The largest absolute Gasteiger partial charge is 0.250 e. The molecule has 11 heavy (non-hydrogen) atoms. The van der Waals surface area contributed by atoms with Crippen molar-refractivity contribution in [3.63, 3.8) is 0 Å². The lowest BCUT2D eigenvalue weighted by Crippen LogP contribution is -2.08. The average molecular weight is 212 g/mol. The molecular formula is C5H4Cl3N3. The molecule has 0 saturated carbocycles. The number of rotatable bonds is 0. The molecule has 6 heteroatoms. The molecule has 0 spiro atoms. The van der Waals surface area contributed by atoms with Crippen molar-refractivity contribution in [1.82, 2.24) is 15.0 Å². The van der Waals surface area contributed by atoms with Crippen molar-refractivity contribution in [2.45, 2.75) is 10.7 Å². The van der Waals surface area contributed by atoms with Gasteiger partial charge in [-0.15, -0.1) is 0 Å². The third-order valence-electron chi connectivity index (χ3n) is 0.946. The van der Waals surface area contributed by atoms with Gasteiger partial charge in [0.15, 0.2) is 5.82 Å². The first-order chi connectivity index (χ1) is 5.00. The molecule has 0 aromatic carbocycles. The highest BCUT2D eigenvalue weighted by Crippen LogP contribution is 2.35. The molecule has 0 saturated heterocycles. The fourth-order valence-corrected chi connectivity index (χ4v) is 0.788. The SMILES string of the molecule is Cc1ncnc(C(Cl)(Cl)Cl)n1. The third-order valence-corrected chi connectivity index (χ3v) is 1.45. The molecule has 0 N–H and O–H groups in total. The van der Waals surface area contributed by atoms with E-state index in [4.69, 9.17) is 34.8 Å². The predicted molar refractivity (Wildman–Crippen MR) is 43.8 cm³/mol. The number of hydrogen-bond donors (Lipinski definition) is 0. The lowest BCUT2D eigenvalue weighted by atomic mass is 10.6. The van der Waals surface area contributed by atoms with E-state index >= 15 is 0 Å². The Bertz CT molecular complexity index is 257. The van der Waals surface area contributed by atoms with Crippen LogP contribution in [0.25, 0.3) is 0 Å². The van der Waals surface area contributed by atoms with Gasteiger partial charge in [0.05, 0.1) is 0 Å². The first kappa shape index (κ1) is 8.97. The van der Waals surface area contributed by atoms with Crippen molar-refractivity contribution in [3.8, 4) is 0 Å². The van der Waals surface area contributed by atoms with Gasteiger partial charge < -0.3 is 0 Å². The molecule has 0 amide bonds. The summed E-state index contributed by atoms with van der Waals surface area (Å²) in [5, 5.41) is 0. The van der Waals surface area contributed by atoms with Gasteiger partial charge in [0, 0.05) is 0 Å². The molecule has 0 aliphatic rings. The number of nitrogens with zero attached hydrogens (tertiary/aromatic N) is 3. The molecule has 3 nitrogen and oxygen atoms in total. The summed E-state index contributed by atoms with van der Waals surface area (Å²) in [7, 11) is 0. The first-order valence-electron chi connectivity index (χ1n) is 2.73. The highest BCUT2D eigenvalue weighted by molar-refractivity contribution is 6.66. The van der Waals surface area contributed by atoms with Crippen LogP contribution >= 0.6 is 34.8 Å². The molecule has 1 rings (SSSR count). The molecule has 0 atom stereocenters. The molecule has 0 aliphatic carbocycles. The summed E-state index contributed by atoms with van der Waals surface area (Å²) < 4.78 is -1.56. The van der Waals surface area contributed by atoms with Crippen LogP contribution < -0.4 is 0 Å². The van der Waals surface area contributed by atoms with E-state index in [2.05, 4.69) is 15.0 Å². The fourth-order valence-electron chi connectivity index (χ4n) is 0.515. The second-order valence-electron chi connectivity index (χ2n) is 1.85. The summed E-state index contributed by atoms with van der Waals surface area (Å²) in [4.78, 5) is 11.3. The lowest BCUT2D eigenvalue weighted by Gasteiger charge is -2.07. The zero-order valence-corrected chi connectivity index (χ0v) is 7.82. The number of aromatic nitrogens is 3. The topological polar surface area (TPSA) is 38.7 Å². The van der Waals surface area contributed by atoms with Crippen molar-refractivity contribution < 1.29 is 0 Å². The maximum absolute atomic E-state index is 5.51. The Balaban J connectivity index is 3.06. The van der Waals surface area contributed by atoms with Crippen LogP contribution in [0, 0.1) is 6.92 Å². The molecule has 0 unspecified atom stereocenters. The van der Waals surface area contributed by atoms with Gasteiger partial charge >= 0.3 is 0 Å². The van der Waals surface area contributed by atoms with Gasteiger partial charge in [0.1, 0.15) is 12.2 Å². The van der Waals surface area contributed by atoms with E-state index in [9.17, 15) is 0 Å². The maximum Gasteiger partial charge on any atom is 0.250 e. The van der Waals surface area contributed by atoms with Crippen LogP contribution in [0.15, 0.2) is 6.33 Å². The summed E-state index contributed by atoms with van der Waals surface area (Å²) in [6.07, 6.45) is 1.31. The fraction of sp³-hybridized carbons (Fsp3) is 0.400. The predicted octanol–water partition coefficient (Wildman–Crippen LogP) is 2.01. The van der Waals surface area contributed by atoms with Gasteiger partial charge in [-0.05, 0) is 6.92 Å². The van der Waals surface area contributed by atoms with Gasteiger partial charge in [-0.2, -0.15) is 0 Å². The monoisotopic (exact) mass is 211 g/mol. The highest BCUT2D eigenvalue weighted by atomic mass is 35.6. The van der Waals surface area contributed by atoms with Gasteiger partial charge in [-0.25, -0.2) is 15.0 Å². The van der Waals surface area contributed by atoms with Crippen LogP contribution in [-0.2, 0) is 3.79 Å². The van der Waals surface area contributed by atoms with E-state index in [-0.39, 0.29) is 5.82 Å². The Morgan fingerprint density at radius 2 is 1.91 bits per heavy atom. The van der Waals surface area contributed by atoms with E-state index in [0.717, 1.165) is 0 Å². The summed E-state index contributed by atoms with van der Waals surface area (Å²) >= 11 is 16.5. The minimum absolute atomic E-state index is 0.148. The van der Waals surface area contributed by atoms with E-state index < -0.39 is 3.79 Å². The molecular weight excluding hydrogens is 208 g/mol. The molecule has 1 heterocycles. The molecule has 1 aromatic heterocycles. The van der Waals surface area contributed by atoms with Crippen LogP contribution in [0.4, 0.5) is 0 Å². The summed E-state index contributed by atoms with van der Waals surface area (Å²) in [5.74, 6) is 0.677. The first-order valence-corrected chi connectivity index (χ1v) is 3.86. The van der Waals surface area contributed by atoms with Crippen molar-refractivity contribution in [2.24, 2.45) is 0 Å². The van der Waals surface area contributed by atoms with E-state index in [0.29, 0.717) is 5.82 Å². The van der Waals surface area contributed by atoms with Crippen LogP contribution in [0.3, 0.4) is 0 Å². The van der Waals surface area contributed by atoms with Crippen LogP contribution in [0.2, 0.25) is 0 Å². The zero-order chi connectivity index (χ0) is 8.48. The Kier molecular flexibility index (Phi) is 2.52. The highest BCUT2D eigenvalue weighted by Gasteiger charge is 2.26. The van der Waals surface area contributed by atoms with Crippen LogP contribution in [0.1, 0.15) is 11.6 Å². The average Bonchev–Trinajstić information content (AvgIpc) is 1.86. The van der Waals surface area contributed by atoms with Crippen molar-refractivity contribution in [1.29, 1.82) is 0 Å². The molecule has 60 valence electrons. The minimum atomic E-state index is -1.56. The van der Waals surface area contributed by atoms with Crippen LogP contribution in [-0.4, -0.2) is 15.0 Å². The second kappa shape index (κ2) is 3.09. The van der Waals surface area contributed by atoms with Crippen molar-refractivity contribution in [2.75, 3.05) is 0 Å². The van der Waals surface area contributed by atoms with Crippen molar-refractivity contribution >= 4 is 34.8 Å². The van der Waals surface area contributed by atoms with Gasteiger partial charge in [0.25, 0.3) is 0 Å². The van der Waals surface area contributed by atoms with Gasteiger partial charge in [-0.3, -0.25) is 0 Å². The normalized spacial score (nSPS) is 11.6. The van der Waals surface area contributed by atoms with Crippen LogP contribution in [0.5, 0.6) is 0 Å². The van der Waals surface area contributed by atoms with E-state index in [1.165, 1.54) is 6.33 Å². The second-order valence-corrected chi connectivity index (χ2v) is 4.14. The smallest absolute Gasteiger partial charge is 0.222 e. The van der Waals surface area contributed by atoms with Gasteiger partial charge in [0.2, 0.25) is 3.79 Å². The Morgan fingerprint density at radius 3 is 2.27 bits per heavy atom.